The van der Waals surface area contributed by atoms with E-state index >= 15 is 0 Å². The Balaban J connectivity index is 1.75. The Morgan fingerprint density at radius 1 is 1.24 bits per heavy atom. The lowest BCUT2D eigenvalue weighted by molar-refractivity contribution is -0.133. The maximum atomic E-state index is 12.3. The number of methoxy groups -OCH3 is 1. The highest BCUT2D eigenvalue weighted by atomic mass is 32.2. The van der Waals surface area contributed by atoms with Crippen LogP contribution < -0.4 is 4.74 Å². The van der Waals surface area contributed by atoms with E-state index in [0.29, 0.717) is 24.2 Å². The van der Waals surface area contributed by atoms with Crippen molar-refractivity contribution in [3.8, 4) is 5.75 Å². The van der Waals surface area contributed by atoms with Crippen molar-refractivity contribution in [1.82, 2.24) is 4.90 Å². The summed E-state index contributed by atoms with van der Waals surface area (Å²) < 4.78 is 5.14. The highest BCUT2D eigenvalue weighted by Crippen LogP contribution is 2.24. The second kappa shape index (κ2) is 7.74. The fourth-order valence-electron chi connectivity index (χ4n) is 2.95. The molecule has 3 nitrogen and oxygen atoms in total. The number of benzene rings is 1. The number of amides is 1. The highest BCUT2D eigenvalue weighted by molar-refractivity contribution is 7.99. The van der Waals surface area contributed by atoms with Crippen molar-refractivity contribution in [2.24, 2.45) is 11.8 Å². The monoisotopic (exact) mass is 307 g/mol. The van der Waals surface area contributed by atoms with Crippen LogP contribution in [0.1, 0.15) is 26.7 Å². The van der Waals surface area contributed by atoms with E-state index in [1.165, 1.54) is 11.3 Å². The average Bonchev–Trinajstić information content (AvgIpc) is 2.47. The van der Waals surface area contributed by atoms with Crippen molar-refractivity contribution in [3.63, 3.8) is 0 Å². The Morgan fingerprint density at radius 2 is 1.86 bits per heavy atom. The lowest BCUT2D eigenvalue weighted by Crippen LogP contribution is -2.42. The Morgan fingerprint density at radius 3 is 2.43 bits per heavy atom. The zero-order chi connectivity index (χ0) is 15.2. The molecule has 1 aromatic carbocycles. The molecule has 4 heteroatoms. The van der Waals surface area contributed by atoms with Gasteiger partial charge >= 0.3 is 0 Å². The molecule has 0 aliphatic carbocycles. The van der Waals surface area contributed by atoms with Crippen LogP contribution in [0.3, 0.4) is 0 Å². The van der Waals surface area contributed by atoms with Gasteiger partial charge in [-0.05, 0) is 42.5 Å². The summed E-state index contributed by atoms with van der Waals surface area (Å²) in [6.45, 7) is 6.33. The van der Waals surface area contributed by atoms with Gasteiger partial charge in [0, 0.05) is 30.2 Å². The molecule has 0 spiro atoms. The molecule has 1 saturated heterocycles. The number of likely N-dealkylation sites (tertiary alicyclic amines) is 1. The van der Waals surface area contributed by atoms with Crippen LogP contribution >= 0.6 is 11.8 Å². The largest absolute Gasteiger partial charge is 0.497 e. The summed E-state index contributed by atoms with van der Waals surface area (Å²) in [5, 5.41) is 0. The third kappa shape index (κ3) is 4.95. The molecule has 1 fully saturated rings. The Bertz CT molecular complexity index is 450. The standard InChI is InChI=1S/C17H25NO2S/c1-13-10-14(2)12-18(11-13)17(19)8-9-21-16-6-4-15(20-3)5-7-16/h4-7,13-14H,8-12H2,1-3H3. The summed E-state index contributed by atoms with van der Waals surface area (Å²) in [5.41, 5.74) is 0. The molecule has 1 heterocycles. The number of carbonyl (C=O) groups is 1. The van der Waals surface area contributed by atoms with Crippen molar-refractivity contribution < 1.29 is 9.53 Å². The zero-order valence-corrected chi connectivity index (χ0v) is 14.0. The van der Waals surface area contributed by atoms with Crippen LogP contribution in [0.15, 0.2) is 29.2 Å². The predicted octanol–water partition coefficient (Wildman–Crippen LogP) is 3.68. The molecule has 0 bridgehead atoms. The van der Waals surface area contributed by atoms with E-state index in [4.69, 9.17) is 4.74 Å². The summed E-state index contributed by atoms with van der Waals surface area (Å²) in [6, 6.07) is 7.99. The van der Waals surface area contributed by atoms with E-state index in [0.717, 1.165) is 24.6 Å². The Hall–Kier alpha value is -1.16. The van der Waals surface area contributed by atoms with Crippen molar-refractivity contribution in [2.75, 3.05) is 26.0 Å². The predicted molar refractivity (Wildman–Crippen MR) is 87.9 cm³/mol. The average molecular weight is 307 g/mol. The Kier molecular flexibility index (Phi) is 5.97. The van der Waals surface area contributed by atoms with E-state index in [1.54, 1.807) is 18.9 Å². The van der Waals surface area contributed by atoms with Gasteiger partial charge in [-0.2, -0.15) is 0 Å². The molecule has 2 rings (SSSR count). The number of thioether (sulfide) groups is 1. The summed E-state index contributed by atoms with van der Waals surface area (Å²) in [4.78, 5) is 15.5. The molecule has 116 valence electrons. The van der Waals surface area contributed by atoms with Gasteiger partial charge in [0.2, 0.25) is 5.91 Å². The highest BCUT2D eigenvalue weighted by Gasteiger charge is 2.24. The number of hydrogen-bond donors (Lipinski definition) is 0. The van der Waals surface area contributed by atoms with E-state index in [9.17, 15) is 4.79 Å². The lowest BCUT2D eigenvalue weighted by atomic mass is 9.92. The first-order chi connectivity index (χ1) is 10.1. The molecule has 1 aliphatic rings. The van der Waals surface area contributed by atoms with Crippen LogP contribution in [0.2, 0.25) is 0 Å². The minimum Gasteiger partial charge on any atom is -0.497 e. The van der Waals surface area contributed by atoms with Gasteiger partial charge in [0.25, 0.3) is 0 Å². The van der Waals surface area contributed by atoms with Crippen molar-refractivity contribution >= 4 is 17.7 Å². The van der Waals surface area contributed by atoms with Gasteiger partial charge in [0.15, 0.2) is 0 Å². The van der Waals surface area contributed by atoms with Crippen LogP contribution in [0.4, 0.5) is 0 Å². The number of nitrogens with zero attached hydrogens (tertiary/aromatic N) is 1. The maximum Gasteiger partial charge on any atom is 0.223 e. The van der Waals surface area contributed by atoms with Gasteiger partial charge in [0.05, 0.1) is 7.11 Å². The molecular weight excluding hydrogens is 282 g/mol. The van der Waals surface area contributed by atoms with Crippen molar-refractivity contribution in [3.05, 3.63) is 24.3 Å². The minimum absolute atomic E-state index is 0.300. The van der Waals surface area contributed by atoms with E-state index in [2.05, 4.69) is 13.8 Å². The lowest BCUT2D eigenvalue weighted by Gasteiger charge is -2.35. The molecule has 1 aromatic rings. The maximum absolute atomic E-state index is 12.3. The van der Waals surface area contributed by atoms with Gasteiger partial charge in [-0.25, -0.2) is 0 Å². The molecule has 2 unspecified atom stereocenters. The number of ether oxygens (including phenoxy) is 1. The second-order valence-corrected chi connectivity index (χ2v) is 7.19. The molecule has 1 amide bonds. The smallest absolute Gasteiger partial charge is 0.223 e. The molecule has 0 saturated carbocycles. The molecular formula is C17H25NO2S. The van der Waals surface area contributed by atoms with Gasteiger partial charge in [-0.3, -0.25) is 4.79 Å². The number of hydrogen-bond acceptors (Lipinski definition) is 3. The molecule has 21 heavy (non-hydrogen) atoms. The number of carbonyl (C=O) groups excluding carboxylic acids is 1. The van der Waals surface area contributed by atoms with E-state index < -0.39 is 0 Å². The van der Waals surface area contributed by atoms with Crippen molar-refractivity contribution in [1.29, 1.82) is 0 Å². The number of rotatable bonds is 5. The second-order valence-electron chi connectivity index (χ2n) is 6.02. The molecule has 0 N–H and O–H groups in total. The van der Waals surface area contributed by atoms with Gasteiger partial charge < -0.3 is 9.64 Å². The SMILES string of the molecule is COc1ccc(SCCC(=O)N2CC(C)CC(C)C2)cc1. The zero-order valence-electron chi connectivity index (χ0n) is 13.2. The van der Waals surface area contributed by atoms with Crippen molar-refractivity contribution in [2.45, 2.75) is 31.6 Å². The fraction of sp³-hybridized carbons (Fsp3) is 0.588. The third-order valence-corrected chi connectivity index (χ3v) is 4.88. The summed E-state index contributed by atoms with van der Waals surface area (Å²) in [6.07, 6.45) is 1.86. The van der Waals surface area contributed by atoms with E-state index in [-0.39, 0.29) is 0 Å². The fourth-order valence-corrected chi connectivity index (χ4v) is 3.79. The van der Waals surface area contributed by atoms with E-state index in [1.807, 2.05) is 29.2 Å². The minimum atomic E-state index is 0.300. The van der Waals surface area contributed by atoms with Crippen LogP contribution in [0.5, 0.6) is 5.75 Å². The van der Waals surface area contributed by atoms with Gasteiger partial charge in [-0.1, -0.05) is 13.8 Å². The topological polar surface area (TPSA) is 29.5 Å². The van der Waals surface area contributed by atoms with Crippen LogP contribution in [0.25, 0.3) is 0 Å². The van der Waals surface area contributed by atoms with Crippen LogP contribution in [-0.4, -0.2) is 36.8 Å². The normalized spacial score (nSPS) is 22.1. The van der Waals surface area contributed by atoms with Crippen LogP contribution in [0, 0.1) is 11.8 Å². The molecule has 1 aliphatic heterocycles. The van der Waals surface area contributed by atoms with Gasteiger partial charge in [-0.15, -0.1) is 11.8 Å². The quantitative estimate of drug-likeness (QED) is 0.777. The summed E-state index contributed by atoms with van der Waals surface area (Å²) in [7, 11) is 1.67. The molecule has 2 atom stereocenters. The number of piperidine rings is 1. The van der Waals surface area contributed by atoms with Gasteiger partial charge in [0.1, 0.15) is 5.75 Å². The molecule has 0 radical (unpaired) electrons. The first-order valence-electron chi connectivity index (χ1n) is 7.63. The first-order valence-corrected chi connectivity index (χ1v) is 8.61. The third-order valence-electron chi connectivity index (χ3n) is 3.87. The summed E-state index contributed by atoms with van der Waals surface area (Å²) >= 11 is 1.73. The van der Waals surface area contributed by atoms with Crippen LogP contribution in [-0.2, 0) is 4.79 Å². The Labute approximate surface area is 132 Å². The summed E-state index contributed by atoms with van der Waals surface area (Å²) in [5.74, 6) is 3.27. The first kappa shape index (κ1) is 16.2. The molecule has 0 aromatic heterocycles.